The summed E-state index contributed by atoms with van der Waals surface area (Å²) in [5.74, 6) is 0.230. The maximum atomic E-state index is 13.1. The van der Waals surface area contributed by atoms with Crippen molar-refractivity contribution in [2.75, 3.05) is 29.7 Å². The number of imidazole rings is 1. The molecule has 1 aromatic carbocycles. The fraction of sp³-hybridized carbons (Fsp3) is 0.360. The van der Waals surface area contributed by atoms with Crippen LogP contribution in [0.15, 0.2) is 42.0 Å². The molecular formula is C25H31N5O3S. The van der Waals surface area contributed by atoms with E-state index in [1.165, 1.54) is 22.5 Å². The molecule has 34 heavy (non-hydrogen) atoms. The van der Waals surface area contributed by atoms with Crippen molar-refractivity contribution in [2.24, 2.45) is 0 Å². The number of aryl methyl sites for hydroxylation is 1. The zero-order valence-corrected chi connectivity index (χ0v) is 20.4. The first-order chi connectivity index (χ1) is 16.5. The molecule has 0 spiro atoms. The second-order valence-electron chi connectivity index (χ2n) is 8.15. The number of nitrogens with zero attached hydrogens (tertiary/aromatic N) is 2. The Labute approximate surface area is 203 Å². The van der Waals surface area contributed by atoms with Gasteiger partial charge in [-0.05, 0) is 62.4 Å². The number of carbonyl (C=O) groups excluding carboxylic acids is 1. The molecule has 3 aromatic rings. The van der Waals surface area contributed by atoms with Gasteiger partial charge in [0, 0.05) is 24.6 Å². The lowest BCUT2D eigenvalue weighted by Gasteiger charge is -2.11. The van der Waals surface area contributed by atoms with E-state index in [9.17, 15) is 10.0 Å². The lowest BCUT2D eigenvalue weighted by Crippen LogP contribution is -2.15. The molecule has 8 nitrogen and oxygen atoms in total. The van der Waals surface area contributed by atoms with Gasteiger partial charge in [0.15, 0.2) is 0 Å². The van der Waals surface area contributed by atoms with Crippen molar-refractivity contribution in [1.82, 2.24) is 9.55 Å². The van der Waals surface area contributed by atoms with Crippen LogP contribution >= 0.6 is 11.3 Å². The lowest BCUT2D eigenvalue weighted by atomic mass is 9.97. The van der Waals surface area contributed by atoms with Crippen LogP contribution in [0.5, 0.6) is 0 Å². The van der Waals surface area contributed by atoms with Crippen LogP contribution in [0.2, 0.25) is 0 Å². The number of ether oxygens (including phenoxy) is 1. The predicted molar refractivity (Wildman–Crippen MR) is 139 cm³/mol. The average Bonchev–Trinajstić information content (AvgIpc) is 3.47. The van der Waals surface area contributed by atoms with E-state index in [2.05, 4.69) is 34.9 Å². The zero-order chi connectivity index (χ0) is 24.1. The van der Waals surface area contributed by atoms with Crippen molar-refractivity contribution < 1.29 is 14.7 Å². The highest BCUT2D eigenvalue weighted by Gasteiger charge is 2.18. The van der Waals surface area contributed by atoms with Crippen molar-refractivity contribution in [3.8, 4) is 0 Å². The SMILES string of the molecule is CCOCCCn1c(NC(=O)c2ccc(C3=CCCC(CC)=C3)s2)nc2cc(NO)c(N)cc21. The minimum absolute atomic E-state index is 0.206. The summed E-state index contributed by atoms with van der Waals surface area (Å²) >= 11 is 1.48. The summed E-state index contributed by atoms with van der Waals surface area (Å²) in [5, 5.41) is 12.3. The van der Waals surface area contributed by atoms with Crippen molar-refractivity contribution in [2.45, 2.75) is 46.1 Å². The number of rotatable bonds is 10. The minimum Gasteiger partial charge on any atom is -0.397 e. The standard InChI is InChI=1S/C25H31N5O3S/c1-3-16-7-5-8-17(13-16)22-9-10-23(34-22)24(31)28-25-27-20-15-19(29-32)18(26)14-21(20)30(25)11-6-12-33-4-2/h8-10,13-15,29,32H,3-7,11-12,26H2,1-2H3,(H,27,28,31). The van der Waals surface area contributed by atoms with E-state index < -0.39 is 0 Å². The smallest absolute Gasteiger partial charge is 0.268 e. The molecule has 0 unspecified atom stereocenters. The van der Waals surface area contributed by atoms with Crippen molar-refractivity contribution >= 4 is 51.2 Å². The summed E-state index contributed by atoms with van der Waals surface area (Å²) in [5.41, 5.74) is 12.9. The molecule has 0 bridgehead atoms. The van der Waals surface area contributed by atoms with E-state index >= 15 is 0 Å². The number of fused-ring (bicyclic) bond motifs is 1. The quantitative estimate of drug-likeness (QED) is 0.168. The fourth-order valence-corrected chi connectivity index (χ4v) is 4.98. The number of nitrogens with one attached hydrogen (secondary N) is 2. The summed E-state index contributed by atoms with van der Waals surface area (Å²) in [7, 11) is 0. The van der Waals surface area contributed by atoms with E-state index in [0.29, 0.717) is 47.5 Å². The normalized spacial score (nSPS) is 13.6. The number of anilines is 3. The van der Waals surface area contributed by atoms with E-state index in [-0.39, 0.29) is 5.91 Å². The Morgan fingerprint density at radius 2 is 2.18 bits per heavy atom. The third-order valence-electron chi connectivity index (χ3n) is 5.90. The van der Waals surface area contributed by atoms with Crippen LogP contribution in [0.1, 0.15) is 54.1 Å². The van der Waals surface area contributed by atoms with Gasteiger partial charge in [-0.25, -0.2) is 4.98 Å². The zero-order valence-electron chi connectivity index (χ0n) is 19.6. The third-order valence-corrected chi connectivity index (χ3v) is 7.03. The van der Waals surface area contributed by atoms with Crippen LogP contribution < -0.4 is 16.5 Å². The second-order valence-corrected chi connectivity index (χ2v) is 9.23. The average molecular weight is 482 g/mol. The van der Waals surface area contributed by atoms with Gasteiger partial charge in [-0.1, -0.05) is 24.6 Å². The molecule has 5 N–H and O–H groups in total. The first-order valence-corrected chi connectivity index (χ1v) is 12.4. The molecule has 0 aliphatic heterocycles. The van der Waals surface area contributed by atoms with Gasteiger partial charge in [-0.2, -0.15) is 0 Å². The Bertz CT molecular complexity index is 1240. The van der Waals surface area contributed by atoms with Crippen molar-refractivity contribution in [1.29, 1.82) is 0 Å². The molecule has 0 saturated heterocycles. The number of nitrogens with two attached hydrogens (primary N) is 1. The first kappa shape index (κ1) is 24.0. The molecule has 180 valence electrons. The number of allylic oxidation sites excluding steroid dienone is 4. The molecular weight excluding hydrogens is 450 g/mol. The first-order valence-electron chi connectivity index (χ1n) is 11.6. The summed E-state index contributed by atoms with van der Waals surface area (Å²) in [6.45, 7) is 5.99. The van der Waals surface area contributed by atoms with Crippen LogP contribution in [-0.4, -0.2) is 33.9 Å². The van der Waals surface area contributed by atoms with Crippen LogP contribution in [0.4, 0.5) is 17.3 Å². The van der Waals surface area contributed by atoms with E-state index in [1.807, 2.05) is 23.6 Å². The summed E-state index contributed by atoms with van der Waals surface area (Å²) in [6.07, 6.45) is 8.43. The summed E-state index contributed by atoms with van der Waals surface area (Å²) in [6, 6.07) is 7.27. The van der Waals surface area contributed by atoms with Gasteiger partial charge in [0.2, 0.25) is 5.95 Å². The van der Waals surface area contributed by atoms with Crippen LogP contribution in [0.25, 0.3) is 16.6 Å². The molecule has 2 aromatic heterocycles. The number of hydrogen-bond acceptors (Lipinski definition) is 7. The van der Waals surface area contributed by atoms with Gasteiger partial charge >= 0.3 is 0 Å². The third kappa shape index (κ3) is 5.16. The molecule has 0 radical (unpaired) electrons. The van der Waals surface area contributed by atoms with Gasteiger partial charge in [0.25, 0.3) is 5.91 Å². The largest absolute Gasteiger partial charge is 0.397 e. The van der Waals surface area contributed by atoms with Crippen molar-refractivity contribution in [3.63, 3.8) is 0 Å². The maximum absolute atomic E-state index is 13.1. The number of benzene rings is 1. The van der Waals surface area contributed by atoms with Gasteiger partial charge in [0.1, 0.15) is 0 Å². The number of thiophene rings is 1. The summed E-state index contributed by atoms with van der Waals surface area (Å²) < 4.78 is 7.40. The lowest BCUT2D eigenvalue weighted by molar-refractivity contribution is 0.102. The van der Waals surface area contributed by atoms with Crippen molar-refractivity contribution in [3.05, 3.63) is 51.7 Å². The number of hydrogen-bond donors (Lipinski definition) is 4. The Morgan fingerprint density at radius 3 is 2.94 bits per heavy atom. The minimum atomic E-state index is -0.206. The second kappa shape index (κ2) is 10.9. The van der Waals surface area contributed by atoms with Gasteiger partial charge in [0.05, 0.1) is 27.3 Å². The Kier molecular flexibility index (Phi) is 7.66. The van der Waals surface area contributed by atoms with Gasteiger partial charge < -0.3 is 15.0 Å². The molecule has 1 amide bonds. The fourth-order valence-electron chi connectivity index (χ4n) is 4.07. The number of carbonyl (C=O) groups is 1. The van der Waals surface area contributed by atoms with Crippen LogP contribution in [-0.2, 0) is 11.3 Å². The number of amides is 1. The Hall–Kier alpha value is -3.14. The molecule has 0 atom stereocenters. The van der Waals surface area contributed by atoms with E-state index in [0.717, 1.165) is 36.1 Å². The molecule has 1 aliphatic carbocycles. The monoisotopic (exact) mass is 481 g/mol. The molecule has 2 heterocycles. The van der Waals surface area contributed by atoms with Gasteiger partial charge in [-0.15, -0.1) is 11.3 Å². The highest BCUT2D eigenvalue weighted by atomic mass is 32.1. The summed E-state index contributed by atoms with van der Waals surface area (Å²) in [4.78, 5) is 19.5. The number of nitrogen functional groups attached to an aromatic ring is 1. The molecule has 9 heteroatoms. The van der Waals surface area contributed by atoms with E-state index in [1.54, 1.807) is 12.1 Å². The highest BCUT2D eigenvalue weighted by molar-refractivity contribution is 7.15. The molecule has 0 saturated carbocycles. The van der Waals surface area contributed by atoms with E-state index in [4.69, 9.17) is 10.5 Å². The van der Waals surface area contributed by atoms with Crippen LogP contribution in [0, 0.1) is 0 Å². The maximum Gasteiger partial charge on any atom is 0.268 e. The highest BCUT2D eigenvalue weighted by Crippen LogP contribution is 2.32. The number of aromatic nitrogens is 2. The molecule has 4 rings (SSSR count). The molecule has 0 fully saturated rings. The van der Waals surface area contributed by atoms with Gasteiger partial charge in [-0.3, -0.25) is 20.8 Å². The topological polar surface area (TPSA) is 114 Å². The molecule has 1 aliphatic rings. The Balaban J connectivity index is 1.59. The Morgan fingerprint density at radius 1 is 1.32 bits per heavy atom. The van der Waals surface area contributed by atoms with Crippen LogP contribution in [0.3, 0.4) is 0 Å². The predicted octanol–water partition coefficient (Wildman–Crippen LogP) is 5.67.